The predicted molar refractivity (Wildman–Crippen MR) is 204 cm³/mol. The van der Waals surface area contributed by atoms with Gasteiger partial charge < -0.3 is 5.32 Å². The molecule has 1 N–H and O–H groups in total. The molecule has 7 aromatic rings. The minimum atomic E-state index is -0.461. The molecule has 232 valence electrons. The van der Waals surface area contributed by atoms with Gasteiger partial charge >= 0.3 is 0 Å². The van der Waals surface area contributed by atoms with Crippen LogP contribution in [0.15, 0.2) is 133 Å². The number of thiophene rings is 1. The van der Waals surface area contributed by atoms with Gasteiger partial charge in [0.2, 0.25) is 0 Å². The standard InChI is InChI=1S/C45H41NS/c1-43(2,3)29-18-22-31(23-19-29)45(32-24-20-30(21-25-32)44(4,5)6)37-14-9-7-12-34(37)35-27-26-33(28-38(35)45)46-39-15-11-17-41-42(39)36-13-8-10-16-40(36)47-41/h7-28,46H,1-6H3. The van der Waals surface area contributed by atoms with Crippen LogP contribution in [-0.2, 0) is 16.2 Å². The summed E-state index contributed by atoms with van der Waals surface area (Å²) >= 11 is 1.86. The maximum absolute atomic E-state index is 3.89. The summed E-state index contributed by atoms with van der Waals surface area (Å²) < 4.78 is 2.62. The van der Waals surface area contributed by atoms with Crippen molar-refractivity contribution in [1.29, 1.82) is 0 Å². The number of hydrogen-bond acceptors (Lipinski definition) is 2. The first-order chi connectivity index (χ1) is 22.5. The van der Waals surface area contributed by atoms with Crippen LogP contribution in [0, 0.1) is 0 Å². The number of anilines is 2. The van der Waals surface area contributed by atoms with Crippen molar-refractivity contribution in [1.82, 2.24) is 0 Å². The average molecular weight is 628 g/mol. The van der Waals surface area contributed by atoms with Gasteiger partial charge in [0.1, 0.15) is 0 Å². The average Bonchev–Trinajstić information content (AvgIpc) is 3.58. The van der Waals surface area contributed by atoms with Crippen LogP contribution in [0.2, 0.25) is 0 Å². The highest BCUT2D eigenvalue weighted by atomic mass is 32.1. The molecule has 0 fully saturated rings. The van der Waals surface area contributed by atoms with E-state index in [0.717, 1.165) is 11.4 Å². The van der Waals surface area contributed by atoms with E-state index in [4.69, 9.17) is 0 Å². The van der Waals surface area contributed by atoms with E-state index < -0.39 is 5.41 Å². The first kappa shape index (κ1) is 29.7. The monoisotopic (exact) mass is 627 g/mol. The van der Waals surface area contributed by atoms with E-state index in [0.29, 0.717) is 0 Å². The maximum Gasteiger partial charge on any atom is 0.0714 e. The summed E-state index contributed by atoms with van der Waals surface area (Å²) in [4.78, 5) is 0. The summed E-state index contributed by atoms with van der Waals surface area (Å²) in [5.74, 6) is 0. The Kier molecular flexibility index (Phi) is 6.76. The SMILES string of the molecule is CC(C)(C)c1ccc(C2(c3ccc(C(C)(C)C)cc3)c3ccccc3-c3ccc(Nc4cccc5sc6ccccc6c45)cc32)cc1. The fraction of sp³-hybridized carbons (Fsp3) is 0.200. The largest absolute Gasteiger partial charge is 0.355 e. The highest BCUT2D eigenvalue weighted by Crippen LogP contribution is 2.57. The highest BCUT2D eigenvalue weighted by molar-refractivity contribution is 7.25. The van der Waals surface area contributed by atoms with E-state index in [1.807, 2.05) is 11.3 Å². The molecule has 0 bridgehead atoms. The maximum atomic E-state index is 3.89. The van der Waals surface area contributed by atoms with Gasteiger partial charge in [0, 0.05) is 31.5 Å². The van der Waals surface area contributed by atoms with Crippen LogP contribution in [0.25, 0.3) is 31.3 Å². The molecule has 0 atom stereocenters. The molecule has 1 aliphatic carbocycles. The summed E-state index contributed by atoms with van der Waals surface area (Å²) in [6.45, 7) is 13.7. The van der Waals surface area contributed by atoms with Gasteiger partial charge in [-0.1, -0.05) is 145 Å². The molecule has 0 spiro atoms. The van der Waals surface area contributed by atoms with E-state index in [-0.39, 0.29) is 10.8 Å². The van der Waals surface area contributed by atoms with E-state index in [1.54, 1.807) is 0 Å². The van der Waals surface area contributed by atoms with E-state index in [2.05, 4.69) is 180 Å². The zero-order valence-electron chi connectivity index (χ0n) is 28.1. The Labute approximate surface area is 282 Å². The minimum absolute atomic E-state index is 0.0788. The van der Waals surface area contributed by atoms with E-state index >= 15 is 0 Å². The first-order valence-corrected chi connectivity index (χ1v) is 17.5. The lowest BCUT2D eigenvalue weighted by molar-refractivity contribution is 0.588. The van der Waals surface area contributed by atoms with Crippen LogP contribution in [0.3, 0.4) is 0 Å². The highest BCUT2D eigenvalue weighted by Gasteiger charge is 2.46. The summed E-state index contributed by atoms with van der Waals surface area (Å²) in [7, 11) is 0. The van der Waals surface area contributed by atoms with Crippen LogP contribution in [-0.4, -0.2) is 0 Å². The van der Waals surface area contributed by atoms with Gasteiger partial charge in [0.25, 0.3) is 0 Å². The topological polar surface area (TPSA) is 12.0 Å². The quantitative estimate of drug-likeness (QED) is 0.205. The first-order valence-electron chi connectivity index (χ1n) is 16.7. The fourth-order valence-electron chi connectivity index (χ4n) is 7.62. The Morgan fingerprint density at radius 1 is 0.511 bits per heavy atom. The van der Waals surface area contributed by atoms with Gasteiger partial charge in [-0.2, -0.15) is 0 Å². The van der Waals surface area contributed by atoms with Crippen LogP contribution in [0.5, 0.6) is 0 Å². The molecular weight excluding hydrogens is 587 g/mol. The molecule has 8 rings (SSSR count). The Hall–Kier alpha value is -4.66. The molecular formula is C45H41NS. The number of benzene rings is 6. The van der Waals surface area contributed by atoms with Crippen molar-refractivity contribution in [2.24, 2.45) is 0 Å². The molecule has 1 aliphatic rings. The fourth-order valence-corrected chi connectivity index (χ4v) is 8.75. The lowest BCUT2D eigenvalue weighted by Gasteiger charge is -2.35. The zero-order chi connectivity index (χ0) is 32.6. The lowest BCUT2D eigenvalue weighted by atomic mass is 9.67. The molecule has 0 unspecified atom stereocenters. The van der Waals surface area contributed by atoms with Crippen LogP contribution >= 0.6 is 11.3 Å². The molecule has 6 aromatic carbocycles. The van der Waals surface area contributed by atoms with Crippen molar-refractivity contribution in [3.8, 4) is 11.1 Å². The van der Waals surface area contributed by atoms with Gasteiger partial charge in [0.05, 0.1) is 5.41 Å². The molecule has 0 aliphatic heterocycles. The van der Waals surface area contributed by atoms with Crippen molar-refractivity contribution < 1.29 is 0 Å². The molecule has 0 saturated carbocycles. The van der Waals surface area contributed by atoms with Crippen LogP contribution < -0.4 is 5.32 Å². The predicted octanol–water partition coefficient (Wildman–Crippen LogP) is 12.8. The van der Waals surface area contributed by atoms with Crippen molar-refractivity contribution in [2.75, 3.05) is 5.32 Å². The zero-order valence-corrected chi connectivity index (χ0v) is 28.9. The summed E-state index contributed by atoms with van der Waals surface area (Å²) in [6, 6.07) is 50.2. The third kappa shape index (κ3) is 4.73. The molecule has 1 nitrogen and oxygen atoms in total. The Morgan fingerprint density at radius 3 is 1.74 bits per heavy atom. The van der Waals surface area contributed by atoms with Gasteiger partial charge in [-0.05, 0) is 85.7 Å². The molecule has 0 radical (unpaired) electrons. The molecule has 1 heterocycles. The van der Waals surface area contributed by atoms with Gasteiger partial charge in [-0.3, -0.25) is 0 Å². The third-order valence-electron chi connectivity index (χ3n) is 10.1. The number of fused-ring (bicyclic) bond motifs is 6. The molecule has 2 heteroatoms. The second-order valence-electron chi connectivity index (χ2n) is 15.1. The van der Waals surface area contributed by atoms with Crippen LogP contribution in [0.1, 0.15) is 74.9 Å². The number of hydrogen-bond donors (Lipinski definition) is 1. The summed E-state index contributed by atoms with van der Waals surface area (Å²) in [6.07, 6.45) is 0. The smallest absolute Gasteiger partial charge is 0.0714 e. The van der Waals surface area contributed by atoms with Crippen LogP contribution in [0.4, 0.5) is 11.4 Å². The van der Waals surface area contributed by atoms with Gasteiger partial charge in [-0.15, -0.1) is 11.3 Å². The van der Waals surface area contributed by atoms with Crippen molar-refractivity contribution in [2.45, 2.75) is 57.8 Å². The Morgan fingerprint density at radius 2 is 1.09 bits per heavy atom. The van der Waals surface area contributed by atoms with Crippen molar-refractivity contribution in [3.63, 3.8) is 0 Å². The Balaban J connectivity index is 1.36. The van der Waals surface area contributed by atoms with Crippen molar-refractivity contribution in [3.05, 3.63) is 167 Å². The van der Waals surface area contributed by atoms with E-state index in [9.17, 15) is 0 Å². The van der Waals surface area contributed by atoms with E-state index in [1.165, 1.54) is 64.7 Å². The second-order valence-corrected chi connectivity index (χ2v) is 16.2. The van der Waals surface area contributed by atoms with Crippen molar-refractivity contribution >= 4 is 42.9 Å². The minimum Gasteiger partial charge on any atom is -0.355 e. The molecule has 0 amide bonds. The second kappa shape index (κ2) is 10.7. The summed E-state index contributed by atoms with van der Waals surface area (Å²) in [5.41, 5.74) is 12.5. The molecule has 1 aromatic heterocycles. The Bertz CT molecular complexity index is 2210. The van der Waals surface area contributed by atoms with Gasteiger partial charge in [-0.25, -0.2) is 0 Å². The molecule has 47 heavy (non-hydrogen) atoms. The number of nitrogens with one attached hydrogen (secondary N) is 1. The third-order valence-corrected chi connectivity index (χ3v) is 11.2. The lowest BCUT2D eigenvalue weighted by Crippen LogP contribution is -2.29. The summed E-state index contributed by atoms with van der Waals surface area (Å²) in [5, 5.41) is 6.48. The van der Waals surface area contributed by atoms with Gasteiger partial charge in [0.15, 0.2) is 0 Å². The number of rotatable bonds is 4. The molecule has 0 saturated heterocycles. The normalized spacial score (nSPS) is 13.9.